The van der Waals surface area contributed by atoms with Crippen molar-refractivity contribution < 1.29 is 14.7 Å². The minimum atomic E-state index is -1.17. The van der Waals surface area contributed by atoms with Gasteiger partial charge in [0.2, 0.25) is 5.91 Å². The molecule has 4 heteroatoms. The van der Waals surface area contributed by atoms with E-state index in [1.54, 1.807) is 6.08 Å². The largest absolute Gasteiger partial charge is 0.550 e. The van der Waals surface area contributed by atoms with E-state index in [0.717, 1.165) is 5.56 Å². The zero-order chi connectivity index (χ0) is 11.8. The summed E-state index contributed by atoms with van der Waals surface area (Å²) in [6.45, 7) is 0.0836. The number of amides is 1. The summed E-state index contributed by atoms with van der Waals surface area (Å²) in [5.74, 6) is -1.49. The van der Waals surface area contributed by atoms with Gasteiger partial charge in [0.15, 0.2) is 0 Å². The van der Waals surface area contributed by atoms with Crippen molar-refractivity contribution >= 4 is 18.0 Å². The molecule has 1 amide bonds. The average Bonchev–Trinajstić information content (AvgIpc) is 2.27. The third-order valence-electron chi connectivity index (χ3n) is 1.86. The van der Waals surface area contributed by atoms with Crippen molar-refractivity contribution in [3.63, 3.8) is 0 Å². The van der Waals surface area contributed by atoms with Crippen LogP contribution in [-0.2, 0) is 9.59 Å². The monoisotopic (exact) mass is 218 g/mol. The first-order valence-corrected chi connectivity index (χ1v) is 4.89. The molecule has 0 aliphatic carbocycles. The molecule has 1 N–H and O–H groups in total. The lowest BCUT2D eigenvalue weighted by atomic mass is 10.2. The Bertz CT molecular complexity index is 385. The lowest BCUT2D eigenvalue weighted by Gasteiger charge is -2.02. The molecule has 0 aliphatic heterocycles. The summed E-state index contributed by atoms with van der Waals surface area (Å²) in [5.41, 5.74) is 0.914. The molecule has 0 spiro atoms. The first-order valence-electron chi connectivity index (χ1n) is 4.89. The summed E-state index contributed by atoms with van der Waals surface area (Å²) in [6.07, 6.45) is 2.85. The van der Waals surface area contributed by atoms with Crippen LogP contribution in [0.4, 0.5) is 0 Å². The van der Waals surface area contributed by atoms with Gasteiger partial charge in [-0.25, -0.2) is 0 Å². The van der Waals surface area contributed by atoms with E-state index in [0.29, 0.717) is 0 Å². The van der Waals surface area contributed by atoms with Crippen molar-refractivity contribution in [3.8, 4) is 0 Å². The van der Waals surface area contributed by atoms with E-state index in [9.17, 15) is 14.7 Å². The van der Waals surface area contributed by atoms with Crippen molar-refractivity contribution in [2.75, 3.05) is 6.54 Å². The quantitative estimate of drug-likeness (QED) is 0.705. The van der Waals surface area contributed by atoms with Crippen LogP contribution >= 0.6 is 0 Å². The number of hydrogen-bond donors (Lipinski definition) is 1. The van der Waals surface area contributed by atoms with Gasteiger partial charge in [-0.05, 0) is 11.6 Å². The standard InChI is InChI=1S/C12H13NO3/c14-11(13-9-8-12(15)16)7-6-10-4-2-1-3-5-10/h1-7H,8-9H2,(H,13,14)(H,15,16)/p-1/b7-6+. The van der Waals surface area contributed by atoms with Gasteiger partial charge in [-0.15, -0.1) is 0 Å². The summed E-state index contributed by atoms with van der Waals surface area (Å²) in [4.78, 5) is 21.3. The fraction of sp³-hybridized carbons (Fsp3) is 0.167. The van der Waals surface area contributed by atoms with E-state index < -0.39 is 5.97 Å². The van der Waals surface area contributed by atoms with Crippen LogP contribution in [0.15, 0.2) is 36.4 Å². The fourth-order valence-electron chi connectivity index (χ4n) is 1.08. The Kier molecular flexibility index (Phi) is 4.79. The Morgan fingerprint density at radius 2 is 1.94 bits per heavy atom. The van der Waals surface area contributed by atoms with Gasteiger partial charge in [0.05, 0.1) is 0 Å². The van der Waals surface area contributed by atoms with E-state index >= 15 is 0 Å². The molecular weight excluding hydrogens is 206 g/mol. The molecular formula is C12H12NO3-. The van der Waals surface area contributed by atoms with E-state index in [1.807, 2.05) is 30.3 Å². The number of benzene rings is 1. The highest BCUT2D eigenvalue weighted by Crippen LogP contribution is 2.00. The van der Waals surface area contributed by atoms with Crippen molar-refractivity contribution in [2.24, 2.45) is 0 Å². The molecule has 0 radical (unpaired) electrons. The normalized spacial score (nSPS) is 10.2. The van der Waals surface area contributed by atoms with Crippen molar-refractivity contribution in [3.05, 3.63) is 42.0 Å². The Morgan fingerprint density at radius 1 is 1.25 bits per heavy atom. The highest BCUT2D eigenvalue weighted by Gasteiger charge is 1.94. The molecule has 1 aromatic carbocycles. The predicted molar refractivity (Wildman–Crippen MR) is 58.1 cm³/mol. The highest BCUT2D eigenvalue weighted by molar-refractivity contribution is 5.91. The smallest absolute Gasteiger partial charge is 0.244 e. The number of carbonyl (C=O) groups is 2. The van der Waals surface area contributed by atoms with Gasteiger partial charge in [-0.2, -0.15) is 0 Å². The summed E-state index contributed by atoms with van der Waals surface area (Å²) in [6, 6.07) is 9.36. The Hall–Kier alpha value is -2.10. The van der Waals surface area contributed by atoms with Crippen LogP contribution in [-0.4, -0.2) is 18.4 Å². The lowest BCUT2D eigenvalue weighted by molar-refractivity contribution is -0.305. The van der Waals surface area contributed by atoms with Crippen LogP contribution in [0, 0.1) is 0 Å². The number of carboxylic acids is 1. The molecule has 0 bridgehead atoms. The Balaban J connectivity index is 2.34. The minimum absolute atomic E-state index is 0.0836. The zero-order valence-corrected chi connectivity index (χ0v) is 8.68. The number of carboxylic acid groups (broad SMARTS) is 1. The van der Waals surface area contributed by atoms with E-state index in [1.165, 1.54) is 6.08 Å². The van der Waals surface area contributed by atoms with Gasteiger partial charge in [-0.3, -0.25) is 4.79 Å². The van der Waals surface area contributed by atoms with Crippen LogP contribution in [0.3, 0.4) is 0 Å². The number of aliphatic carboxylic acids is 1. The maximum absolute atomic E-state index is 11.2. The molecule has 0 saturated carbocycles. The van der Waals surface area contributed by atoms with Crippen LogP contribution in [0.5, 0.6) is 0 Å². The maximum Gasteiger partial charge on any atom is 0.244 e. The molecule has 0 aromatic heterocycles. The summed E-state index contributed by atoms with van der Waals surface area (Å²) in [7, 11) is 0. The van der Waals surface area contributed by atoms with E-state index in [2.05, 4.69) is 5.32 Å². The molecule has 1 aromatic rings. The van der Waals surface area contributed by atoms with E-state index in [4.69, 9.17) is 0 Å². The Morgan fingerprint density at radius 3 is 2.56 bits per heavy atom. The molecule has 4 nitrogen and oxygen atoms in total. The van der Waals surface area contributed by atoms with Crippen LogP contribution in [0.1, 0.15) is 12.0 Å². The summed E-state index contributed by atoms with van der Waals surface area (Å²) >= 11 is 0. The molecule has 0 atom stereocenters. The first-order chi connectivity index (χ1) is 7.68. The molecule has 0 heterocycles. The number of nitrogens with one attached hydrogen (secondary N) is 1. The summed E-state index contributed by atoms with van der Waals surface area (Å²) in [5, 5.41) is 12.5. The van der Waals surface area contributed by atoms with Gasteiger partial charge < -0.3 is 15.2 Å². The third kappa shape index (κ3) is 4.95. The molecule has 0 saturated heterocycles. The van der Waals surface area contributed by atoms with Gasteiger partial charge in [0.1, 0.15) is 0 Å². The molecule has 1 rings (SSSR count). The number of hydrogen-bond acceptors (Lipinski definition) is 3. The predicted octanol–water partition coefficient (Wildman–Crippen LogP) is -0.0440. The molecule has 84 valence electrons. The second kappa shape index (κ2) is 6.40. The Labute approximate surface area is 93.6 Å². The van der Waals surface area contributed by atoms with Gasteiger partial charge in [-0.1, -0.05) is 30.3 Å². The highest BCUT2D eigenvalue weighted by atomic mass is 16.4. The van der Waals surface area contributed by atoms with Crippen LogP contribution in [0.2, 0.25) is 0 Å². The lowest BCUT2D eigenvalue weighted by Crippen LogP contribution is -2.30. The fourth-order valence-corrected chi connectivity index (χ4v) is 1.08. The van der Waals surface area contributed by atoms with Crippen LogP contribution < -0.4 is 10.4 Å². The number of carbonyl (C=O) groups excluding carboxylic acids is 2. The molecule has 0 aliphatic rings. The maximum atomic E-state index is 11.2. The van der Waals surface area contributed by atoms with Gasteiger partial charge in [0.25, 0.3) is 0 Å². The van der Waals surface area contributed by atoms with Gasteiger partial charge >= 0.3 is 0 Å². The third-order valence-corrected chi connectivity index (χ3v) is 1.86. The first kappa shape index (κ1) is 12.0. The molecule has 0 fully saturated rings. The SMILES string of the molecule is O=C([O-])CCNC(=O)/C=C/c1ccccc1. The minimum Gasteiger partial charge on any atom is -0.550 e. The zero-order valence-electron chi connectivity index (χ0n) is 8.68. The average molecular weight is 218 g/mol. The second-order valence-electron chi connectivity index (χ2n) is 3.16. The van der Waals surface area contributed by atoms with Gasteiger partial charge in [0, 0.05) is 25.0 Å². The van der Waals surface area contributed by atoms with E-state index in [-0.39, 0.29) is 18.9 Å². The topological polar surface area (TPSA) is 69.2 Å². The molecule has 16 heavy (non-hydrogen) atoms. The van der Waals surface area contributed by atoms with Crippen molar-refractivity contribution in [1.29, 1.82) is 0 Å². The van der Waals surface area contributed by atoms with Crippen LogP contribution in [0.25, 0.3) is 6.08 Å². The summed E-state index contributed by atoms with van der Waals surface area (Å²) < 4.78 is 0. The van der Waals surface area contributed by atoms with Crippen molar-refractivity contribution in [1.82, 2.24) is 5.32 Å². The van der Waals surface area contributed by atoms with Crippen molar-refractivity contribution in [2.45, 2.75) is 6.42 Å². The second-order valence-corrected chi connectivity index (χ2v) is 3.16. The molecule has 0 unspecified atom stereocenters. The number of rotatable bonds is 5.